The Kier molecular flexibility index (Phi) is 6.41. The van der Waals surface area contributed by atoms with Crippen LogP contribution in [0.5, 0.6) is 5.75 Å². The zero-order valence-electron chi connectivity index (χ0n) is 11.5. The van der Waals surface area contributed by atoms with Crippen molar-refractivity contribution in [2.75, 3.05) is 26.6 Å². The van der Waals surface area contributed by atoms with Crippen LogP contribution in [0, 0.1) is 0 Å². The highest BCUT2D eigenvalue weighted by Crippen LogP contribution is 2.27. The molecule has 0 fully saturated rings. The molecule has 120 valence electrons. The molecule has 1 N–H and O–H groups in total. The number of hydrogen-bond donors (Lipinski definition) is 1. The normalized spacial score (nSPS) is 12.3. The van der Waals surface area contributed by atoms with E-state index in [9.17, 15) is 16.8 Å². The Balaban J connectivity index is 2.92. The Hall–Kier alpha value is -0.870. The standard InChI is InChI=1S/C11H16ClNO6S2/c1-18-5-6-20(14,15)13-8-9-3-4-10(19-2)11(7-9)21(12,16)17/h3-4,7,13H,5-6,8H2,1-2H3. The summed E-state index contributed by atoms with van der Waals surface area (Å²) in [5.41, 5.74) is 0.441. The van der Waals surface area contributed by atoms with Gasteiger partial charge in [-0.2, -0.15) is 0 Å². The number of ether oxygens (including phenoxy) is 2. The molecule has 0 aromatic heterocycles. The zero-order chi connectivity index (χ0) is 16.1. The summed E-state index contributed by atoms with van der Waals surface area (Å²) in [7, 11) is 0.542. The van der Waals surface area contributed by atoms with Gasteiger partial charge in [-0.1, -0.05) is 6.07 Å². The average molecular weight is 358 g/mol. The summed E-state index contributed by atoms with van der Waals surface area (Å²) in [6, 6.07) is 4.22. The van der Waals surface area contributed by atoms with Gasteiger partial charge in [0, 0.05) is 24.3 Å². The SMILES string of the molecule is COCCS(=O)(=O)NCc1ccc(OC)c(S(=O)(=O)Cl)c1. The molecule has 0 saturated carbocycles. The van der Waals surface area contributed by atoms with Gasteiger partial charge >= 0.3 is 0 Å². The number of benzene rings is 1. The number of rotatable bonds is 8. The van der Waals surface area contributed by atoms with Gasteiger partial charge in [-0.15, -0.1) is 0 Å². The van der Waals surface area contributed by atoms with Crippen LogP contribution < -0.4 is 9.46 Å². The van der Waals surface area contributed by atoms with Gasteiger partial charge in [0.05, 0.1) is 19.5 Å². The Morgan fingerprint density at radius 1 is 1.19 bits per heavy atom. The van der Waals surface area contributed by atoms with Crippen molar-refractivity contribution >= 4 is 29.8 Å². The molecule has 7 nitrogen and oxygen atoms in total. The summed E-state index contributed by atoms with van der Waals surface area (Å²) >= 11 is 0. The predicted molar refractivity (Wildman–Crippen MR) is 78.5 cm³/mol. The highest BCUT2D eigenvalue weighted by Gasteiger charge is 2.18. The van der Waals surface area contributed by atoms with E-state index in [4.69, 9.17) is 20.2 Å². The van der Waals surface area contributed by atoms with Crippen molar-refractivity contribution in [1.82, 2.24) is 4.72 Å². The van der Waals surface area contributed by atoms with Gasteiger partial charge < -0.3 is 9.47 Å². The minimum atomic E-state index is -3.99. The van der Waals surface area contributed by atoms with Crippen LogP contribution in [0.1, 0.15) is 5.56 Å². The van der Waals surface area contributed by atoms with Gasteiger partial charge in [0.25, 0.3) is 9.05 Å². The van der Waals surface area contributed by atoms with Crippen molar-refractivity contribution in [1.29, 1.82) is 0 Å². The fraction of sp³-hybridized carbons (Fsp3) is 0.455. The topological polar surface area (TPSA) is 98.8 Å². The molecular weight excluding hydrogens is 342 g/mol. The number of sulfonamides is 1. The maximum Gasteiger partial charge on any atom is 0.264 e. The Labute approximate surface area is 128 Å². The summed E-state index contributed by atoms with van der Waals surface area (Å²) in [6.07, 6.45) is 0. The molecule has 1 aromatic carbocycles. The highest BCUT2D eigenvalue weighted by atomic mass is 35.7. The third kappa shape index (κ3) is 5.79. The third-order valence-corrected chi connectivity index (χ3v) is 5.17. The maximum absolute atomic E-state index is 11.6. The monoisotopic (exact) mass is 357 g/mol. The lowest BCUT2D eigenvalue weighted by Gasteiger charge is -2.10. The molecule has 0 heterocycles. The summed E-state index contributed by atoms with van der Waals surface area (Å²) in [5.74, 6) is -0.0867. The van der Waals surface area contributed by atoms with E-state index in [1.165, 1.54) is 26.4 Å². The highest BCUT2D eigenvalue weighted by molar-refractivity contribution is 8.13. The molecule has 0 amide bonds. The molecular formula is C11H16ClNO6S2. The van der Waals surface area contributed by atoms with E-state index in [-0.39, 0.29) is 29.5 Å². The van der Waals surface area contributed by atoms with Gasteiger partial charge in [0.15, 0.2) is 0 Å². The van der Waals surface area contributed by atoms with Gasteiger partial charge in [0.1, 0.15) is 10.6 Å². The number of nitrogens with one attached hydrogen (secondary N) is 1. The lowest BCUT2D eigenvalue weighted by atomic mass is 10.2. The lowest BCUT2D eigenvalue weighted by molar-refractivity contribution is 0.217. The first kappa shape index (κ1) is 18.2. The fourth-order valence-electron chi connectivity index (χ4n) is 1.48. The van der Waals surface area contributed by atoms with Crippen molar-refractivity contribution in [3.8, 4) is 5.75 Å². The van der Waals surface area contributed by atoms with Gasteiger partial charge in [0.2, 0.25) is 10.0 Å². The minimum absolute atomic E-state index is 0.0601. The second kappa shape index (κ2) is 7.41. The molecule has 0 radical (unpaired) electrons. The van der Waals surface area contributed by atoms with E-state index >= 15 is 0 Å². The minimum Gasteiger partial charge on any atom is -0.495 e. The molecule has 0 aliphatic carbocycles. The Morgan fingerprint density at radius 3 is 2.38 bits per heavy atom. The molecule has 0 aliphatic rings. The number of methoxy groups -OCH3 is 2. The first-order chi connectivity index (χ1) is 9.69. The van der Waals surface area contributed by atoms with E-state index in [0.717, 1.165) is 0 Å². The second-order valence-corrected chi connectivity index (χ2v) is 8.52. The molecule has 1 rings (SSSR count). The molecule has 21 heavy (non-hydrogen) atoms. The fourth-order valence-corrected chi connectivity index (χ4v) is 3.44. The predicted octanol–water partition coefficient (Wildman–Crippen LogP) is 0.688. The molecule has 0 bridgehead atoms. The van der Waals surface area contributed by atoms with Crippen LogP contribution in [0.2, 0.25) is 0 Å². The average Bonchev–Trinajstić information content (AvgIpc) is 2.42. The first-order valence-corrected chi connectivity index (χ1v) is 9.73. The van der Waals surface area contributed by atoms with Crippen molar-refractivity contribution < 1.29 is 26.3 Å². The van der Waals surface area contributed by atoms with Crippen LogP contribution in [-0.2, 0) is 30.4 Å². The van der Waals surface area contributed by atoms with E-state index in [1.54, 1.807) is 6.07 Å². The van der Waals surface area contributed by atoms with Crippen LogP contribution in [0.3, 0.4) is 0 Å². The van der Waals surface area contributed by atoms with E-state index in [1.807, 2.05) is 0 Å². The summed E-state index contributed by atoms with van der Waals surface area (Å²) < 4.78 is 58.0. The van der Waals surface area contributed by atoms with E-state index in [2.05, 4.69) is 4.72 Å². The van der Waals surface area contributed by atoms with Crippen LogP contribution in [0.4, 0.5) is 0 Å². The van der Waals surface area contributed by atoms with Crippen molar-refractivity contribution in [2.45, 2.75) is 11.4 Å². The van der Waals surface area contributed by atoms with Crippen LogP contribution in [0.15, 0.2) is 23.1 Å². The molecule has 0 spiro atoms. The number of hydrogen-bond acceptors (Lipinski definition) is 6. The molecule has 0 aliphatic heterocycles. The molecule has 1 aromatic rings. The largest absolute Gasteiger partial charge is 0.495 e. The van der Waals surface area contributed by atoms with Crippen LogP contribution >= 0.6 is 10.7 Å². The first-order valence-electron chi connectivity index (χ1n) is 5.77. The Bertz CT molecular complexity index is 687. The van der Waals surface area contributed by atoms with Gasteiger partial charge in [-0.25, -0.2) is 21.6 Å². The van der Waals surface area contributed by atoms with E-state index < -0.39 is 19.1 Å². The smallest absolute Gasteiger partial charge is 0.264 e. The lowest BCUT2D eigenvalue weighted by Crippen LogP contribution is -2.27. The van der Waals surface area contributed by atoms with Crippen LogP contribution in [0.25, 0.3) is 0 Å². The van der Waals surface area contributed by atoms with Crippen molar-refractivity contribution in [3.63, 3.8) is 0 Å². The van der Waals surface area contributed by atoms with E-state index in [0.29, 0.717) is 5.56 Å². The second-order valence-electron chi connectivity index (χ2n) is 4.06. The maximum atomic E-state index is 11.6. The molecule has 0 saturated heterocycles. The summed E-state index contributed by atoms with van der Waals surface area (Å²) in [5, 5.41) is 0. The van der Waals surface area contributed by atoms with Gasteiger partial charge in [-0.3, -0.25) is 0 Å². The molecule has 0 atom stereocenters. The summed E-state index contributed by atoms with van der Waals surface area (Å²) in [6.45, 7) is 0.00864. The number of halogens is 1. The molecule has 0 unspecified atom stereocenters. The van der Waals surface area contributed by atoms with Crippen molar-refractivity contribution in [2.24, 2.45) is 0 Å². The molecule has 10 heteroatoms. The Morgan fingerprint density at radius 2 is 1.86 bits per heavy atom. The van der Waals surface area contributed by atoms with Gasteiger partial charge in [-0.05, 0) is 17.7 Å². The third-order valence-electron chi connectivity index (χ3n) is 2.54. The summed E-state index contributed by atoms with van der Waals surface area (Å²) in [4.78, 5) is -0.208. The zero-order valence-corrected chi connectivity index (χ0v) is 13.9. The quantitative estimate of drug-likeness (QED) is 0.687. The van der Waals surface area contributed by atoms with Crippen LogP contribution in [-0.4, -0.2) is 43.4 Å². The van der Waals surface area contributed by atoms with Crippen molar-refractivity contribution in [3.05, 3.63) is 23.8 Å².